The van der Waals surface area contributed by atoms with Gasteiger partial charge in [0.2, 0.25) is 5.13 Å². The van der Waals surface area contributed by atoms with Crippen molar-refractivity contribution in [3.63, 3.8) is 0 Å². The number of nitrogens with zero attached hydrogens (tertiary/aromatic N) is 4. The number of nitriles is 1. The normalized spacial score (nSPS) is 11.3. The van der Waals surface area contributed by atoms with Crippen LogP contribution in [-0.2, 0) is 0 Å². The summed E-state index contributed by atoms with van der Waals surface area (Å²) in [5, 5.41) is 13.9. The first-order chi connectivity index (χ1) is 10.3. The van der Waals surface area contributed by atoms with Gasteiger partial charge in [-0.1, -0.05) is 17.4 Å². The Kier molecular flexibility index (Phi) is 3.58. The van der Waals surface area contributed by atoms with Gasteiger partial charge in [-0.05, 0) is 37.3 Å². The molecule has 0 aliphatic heterocycles. The van der Waals surface area contributed by atoms with Crippen LogP contribution in [0.25, 0.3) is 10.2 Å². The Morgan fingerprint density at radius 1 is 1.33 bits per heavy atom. The van der Waals surface area contributed by atoms with Gasteiger partial charge in [0.25, 0.3) is 0 Å². The van der Waals surface area contributed by atoms with Crippen LogP contribution in [0.15, 0.2) is 47.7 Å². The standard InChI is InChI=1S/C15H11N5S/c1-10(12-4-2-3-7-17-12)19-20-15-18-13-6-5-11(9-16)8-14(13)21-15/h2-8H,1H3,(H,18,20)/b19-10+. The largest absolute Gasteiger partial charge is 0.255 e. The highest BCUT2D eigenvalue weighted by molar-refractivity contribution is 7.22. The lowest BCUT2D eigenvalue weighted by Crippen LogP contribution is -2.01. The lowest BCUT2D eigenvalue weighted by atomic mass is 10.2. The minimum absolute atomic E-state index is 0.630. The van der Waals surface area contributed by atoms with Gasteiger partial charge in [-0.2, -0.15) is 10.4 Å². The van der Waals surface area contributed by atoms with Gasteiger partial charge >= 0.3 is 0 Å². The van der Waals surface area contributed by atoms with Crippen molar-refractivity contribution in [2.75, 3.05) is 5.43 Å². The zero-order valence-electron chi connectivity index (χ0n) is 11.2. The van der Waals surface area contributed by atoms with Crippen molar-refractivity contribution >= 4 is 32.4 Å². The van der Waals surface area contributed by atoms with Gasteiger partial charge in [0.05, 0.1) is 33.3 Å². The number of hydrogen-bond donors (Lipinski definition) is 1. The van der Waals surface area contributed by atoms with Crippen LogP contribution < -0.4 is 5.43 Å². The third-order valence-corrected chi connectivity index (χ3v) is 3.80. The summed E-state index contributed by atoms with van der Waals surface area (Å²) in [6.07, 6.45) is 1.73. The minimum atomic E-state index is 0.630. The Bertz CT molecular complexity index is 845. The first-order valence-electron chi connectivity index (χ1n) is 6.28. The average Bonchev–Trinajstić information content (AvgIpc) is 2.95. The van der Waals surface area contributed by atoms with E-state index in [4.69, 9.17) is 5.26 Å². The molecule has 2 aromatic heterocycles. The topological polar surface area (TPSA) is 74.0 Å². The number of thiazole rings is 1. The smallest absolute Gasteiger partial charge is 0.204 e. The van der Waals surface area contributed by atoms with E-state index in [0.29, 0.717) is 10.7 Å². The molecular weight excluding hydrogens is 282 g/mol. The molecule has 102 valence electrons. The van der Waals surface area contributed by atoms with Crippen molar-refractivity contribution in [1.29, 1.82) is 5.26 Å². The number of anilines is 1. The van der Waals surface area contributed by atoms with Gasteiger partial charge in [0.1, 0.15) is 0 Å². The predicted octanol–water partition coefficient (Wildman–Crippen LogP) is 3.40. The summed E-state index contributed by atoms with van der Waals surface area (Å²) < 4.78 is 0.960. The summed E-state index contributed by atoms with van der Waals surface area (Å²) in [5.74, 6) is 0. The fourth-order valence-electron chi connectivity index (χ4n) is 1.81. The number of hydrazone groups is 1. The van der Waals surface area contributed by atoms with Gasteiger partial charge in [-0.25, -0.2) is 4.98 Å². The second kappa shape index (κ2) is 5.69. The van der Waals surface area contributed by atoms with E-state index < -0.39 is 0 Å². The summed E-state index contributed by atoms with van der Waals surface area (Å²) in [4.78, 5) is 8.66. The third-order valence-electron chi connectivity index (χ3n) is 2.87. The van der Waals surface area contributed by atoms with Crippen molar-refractivity contribution in [2.45, 2.75) is 6.92 Å². The zero-order valence-corrected chi connectivity index (χ0v) is 12.1. The van der Waals surface area contributed by atoms with E-state index in [1.165, 1.54) is 11.3 Å². The van der Waals surface area contributed by atoms with Gasteiger partial charge in [0.15, 0.2) is 0 Å². The molecular formula is C15H11N5S. The van der Waals surface area contributed by atoms with E-state index in [1.54, 1.807) is 12.3 Å². The number of benzene rings is 1. The second-order valence-corrected chi connectivity index (χ2v) is 5.37. The van der Waals surface area contributed by atoms with E-state index in [9.17, 15) is 0 Å². The summed E-state index contributed by atoms with van der Waals surface area (Å²) >= 11 is 1.46. The van der Waals surface area contributed by atoms with E-state index >= 15 is 0 Å². The molecule has 0 saturated heterocycles. The molecule has 0 spiro atoms. The molecule has 5 nitrogen and oxygen atoms in total. The van der Waals surface area contributed by atoms with Crippen LogP contribution in [0.2, 0.25) is 0 Å². The molecule has 1 aromatic carbocycles. The lowest BCUT2D eigenvalue weighted by molar-refractivity contribution is 1.24. The first kappa shape index (κ1) is 13.2. The van der Waals surface area contributed by atoms with Gasteiger partial charge in [0, 0.05) is 6.20 Å². The highest BCUT2D eigenvalue weighted by Crippen LogP contribution is 2.26. The molecule has 3 aromatic rings. The molecule has 0 bridgehead atoms. The maximum absolute atomic E-state index is 8.90. The van der Waals surface area contributed by atoms with Crippen LogP contribution in [0.3, 0.4) is 0 Å². The number of nitrogens with one attached hydrogen (secondary N) is 1. The van der Waals surface area contributed by atoms with Gasteiger partial charge in [-0.3, -0.25) is 10.4 Å². The maximum Gasteiger partial charge on any atom is 0.204 e. The van der Waals surface area contributed by atoms with Crippen LogP contribution >= 0.6 is 11.3 Å². The summed E-state index contributed by atoms with van der Waals surface area (Å²) in [6.45, 7) is 1.89. The van der Waals surface area contributed by atoms with E-state index in [2.05, 4.69) is 26.6 Å². The van der Waals surface area contributed by atoms with Crippen LogP contribution in [0.4, 0.5) is 5.13 Å². The third kappa shape index (κ3) is 2.88. The molecule has 1 N–H and O–H groups in total. The van der Waals surface area contributed by atoms with Crippen molar-refractivity contribution in [3.05, 3.63) is 53.9 Å². The molecule has 0 aliphatic carbocycles. The Labute approximate surface area is 125 Å². The van der Waals surface area contributed by atoms with Crippen LogP contribution in [0.5, 0.6) is 0 Å². The number of hydrogen-bond acceptors (Lipinski definition) is 6. The molecule has 0 fully saturated rings. The van der Waals surface area contributed by atoms with E-state index in [-0.39, 0.29) is 0 Å². The molecule has 0 unspecified atom stereocenters. The van der Waals surface area contributed by atoms with Crippen molar-refractivity contribution < 1.29 is 0 Å². The maximum atomic E-state index is 8.90. The fourth-order valence-corrected chi connectivity index (χ4v) is 2.66. The number of fused-ring (bicyclic) bond motifs is 1. The molecule has 0 amide bonds. The average molecular weight is 293 g/mol. The number of pyridine rings is 1. The molecule has 0 saturated carbocycles. The lowest BCUT2D eigenvalue weighted by Gasteiger charge is -1.99. The molecule has 6 heteroatoms. The monoisotopic (exact) mass is 293 g/mol. The number of aromatic nitrogens is 2. The molecule has 2 heterocycles. The second-order valence-electron chi connectivity index (χ2n) is 4.34. The highest BCUT2D eigenvalue weighted by Gasteiger charge is 2.04. The predicted molar refractivity (Wildman–Crippen MR) is 84.4 cm³/mol. The SMILES string of the molecule is C/C(=N\Nc1nc2ccc(C#N)cc2s1)c1ccccn1. The molecule has 0 atom stereocenters. The summed E-state index contributed by atoms with van der Waals surface area (Å²) in [7, 11) is 0. The minimum Gasteiger partial charge on any atom is -0.255 e. The Morgan fingerprint density at radius 2 is 2.24 bits per heavy atom. The van der Waals surface area contributed by atoms with Crippen LogP contribution in [0.1, 0.15) is 18.2 Å². The Hall–Kier alpha value is -2.78. The van der Waals surface area contributed by atoms with Gasteiger partial charge in [-0.15, -0.1) is 0 Å². The molecule has 0 aliphatic rings. The van der Waals surface area contributed by atoms with Crippen molar-refractivity contribution in [2.24, 2.45) is 5.10 Å². The zero-order chi connectivity index (χ0) is 14.7. The van der Waals surface area contributed by atoms with Crippen LogP contribution in [0, 0.1) is 11.3 Å². The summed E-state index contributed by atoms with van der Waals surface area (Å²) in [5.41, 5.74) is 6.03. The quantitative estimate of drug-likeness (QED) is 0.593. The Morgan fingerprint density at radius 3 is 3.00 bits per heavy atom. The molecule has 3 rings (SSSR count). The Balaban J connectivity index is 1.84. The van der Waals surface area contributed by atoms with Crippen molar-refractivity contribution in [1.82, 2.24) is 9.97 Å². The van der Waals surface area contributed by atoms with Gasteiger partial charge < -0.3 is 0 Å². The van der Waals surface area contributed by atoms with Crippen molar-refractivity contribution in [3.8, 4) is 6.07 Å². The summed E-state index contributed by atoms with van der Waals surface area (Å²) in [6, 6.07) is 13.2. The number of rotatable bonds is 3. The molecule has 0 radical (unpaired) electrons. The first-order valence-corrected chi connectivity index (χ1v) is 7.10. The fraction of sp³-hybridized carbons (Fsp3) is 0.0667. The molecule has 21 heavy (non-hydrogen) atoms. The van der Waals surface area contributed by atoms with E-state index in [1.807, 2.05) is 37.3 Å². The highest BCUT2D eigenvalue weighted by atomic mass is 32.1. The van der Waals surface area contributed by atoms with Crippen LogP contribution in [-0.4, -0.2) is 15.7 Å². The van der Waals surface area contributed by atoms with E-state index in [0.717, 1.165) is 21.6 Å².